The summed E-state index contributed by atoms with van der Waals surface area (Å²) in [6.07, 6.45) is 8.31. The number of aromatic nitrogens is 1. The summed E-state index contributed by atoms with van der Waals surface area (Å²) in [7, 11) is 0. The first-order valence-electron chi connectivity index (χ1n) is 13.1. The lowest BCUT2D eigenvalue weighted by Crippen LogP contribution is -2.41. The molecule has 2 aromatic heterocycles. The number of benzene rings is 2. The van der Waals surface area contributed by atoms with Crippen molar-refractivity contribution in [3.63, 3.8) is 0 Å². The molecule has 7 heteroatoms. The number of nitrogens with zero attached hydrogens (tertiary/aromatic N) is 2. The second-order valence-electron chi connectivity index (χ2n) is 10.1. The second-order valence-corrected chi connectivity index (χ2v) is 11.8. The molecule has 0 atom stereocenters. The summed E-state index contributed by atoms with van der Waals surface area (Å²) in [5, 5.41) is 5.19. The molecule has 1 saturated carbocycles. The highest BCUT2D eigenvalue weighted by Gasteiger charge is 2.30. The molecule has 1 N–H and O–H groups in total. The molecular formula is C31H35N3O2S2. The lowest BCUT2D eigenvalue weighted by molar-refractivity contribution is 0.179. The lowest BCUT2D eigenvalue weighted by atomic mass is 9.99. The van der Waals surface area contributed by atoms with E-state index in [-0.39, 0.29) is 12.1 Å². The molecule has 0 unspecified atom stereocenters. The van der Waals surface area contributed by atoms with Crippen LogP contribution in [-0.4, -0.2) is 34.5 Å². The van der Waals surface area contributed by atoms with Gasteiger partial charge >= 0.3 is 6.03 Å². The van der Waals surface area contributed by atoms with Crippen molar-refractivity contribution in [1.82, 2.24) is 9.88 Å². The summed E-state index contributed by atoms with van der Waals surface area (Å²) in [6.45, 7) is 6.60. The van der Waals surface area contributed by atoms with E-state index in [0.717, 1.165) is 74.8 Å². The van der Waals surface area contributed by atoms with Gasteiger partial charge in [-0.1, -0.05) is 54.3 Å². The summed E-state index contributed by atoms with van der Waals surface area (Å²) >= 11 is 3.19. The third kappa shape index (κ3) is 5.45. The molecule has 2 amide bonds. The third-order valence-corrected chi connectivity index (χ3v) is 8.76. The topological polar surface area (TPSA) is 58.4 Å². The standard InChI is InChI=1S/C31H35N3O2S2/c1-19-10-13-22(14-11-19)28-24-16-20(2)12-15-25(24)36-26(28)18-34(23-8-6-7-9-23)31(35)33-29-27(37-4)17-21(3)32-30(29)38-5/h10-17,23H,6-9,18H2,1-5H3,(H,33,35). The van der Waals surface area contributed by atoms with Gasteiger partial charge < -0.3 is 14.6 Å². The van der Waals surface area contributed by atoms with Crippen molar-refractivity contribution in [2.24, 2.45) is 0 Å². The van der Waals surface area contributed by atoms with Gasteiger partial charge in [-0.2, -0.15) is 0 Å². The number of hydrogen-bond acceptors (Lipinski definition) is 5. The Morgan fingerprint density at radius 2 is 1.71 bits per heavy atom. The van der Waals surface area contributed by atoms with Crippen LogP contribution in [0.2, 0.25) is 0 Å². The number of amides is 2. The Morgan fingerprint density at radius 1 is 1.00 bits per heavy atom. The summed E-state index contributed by atoms with van der Waals surface area (Å²) in [4.78, 5) is 21.7. The van der Waals surface area contributed by atoms with E-state index in [9.17, 15) is 4.79 Å². The molecule has 0 spiro atoms. The minimum absolute atomic E-state index is 0.0976. The maximum absolute atomic E-state index is 14.0. The number of rotatable bonds is 7. The predicted octanol–water partition coefficient (Wildman–Crippen LogP) is 8.84. The fourth-order valence-electron chi connectivity index (χ4n) is 5.37. The Labute approximate surface area is 233 Å². The van der Waals surface area contributed by atoms with Gasteiger partial charge in [0.1, 0.15) is 16.4 Å². The van der Waals surface area contributed by atoms with Crippen molar-refractivity contribution in [1.29, 1.82) is 0 Å². The van der Waals surface area contributed by atoms with Crippen LogP contribution in [0.4, 0.5) is 10.5 Å². The molecule has 2 heterocycles. The molecule has 1 fully saturated rings. The van der Waals surface area contributed by atoms with Crippen molar-refractivity contribution in [3.05, 3.63) is 71.1 Å². The van der Waals surface area contributed by atoms with Crippen molar-refractivity contribution < 1.29 is 9.21 Å². The van der Waals surface area contributed by atoms with E-state index >= 15 is 0 Å². The van der Waals surface area contributed by atoms with Crippen LogP contribution in [0, 0.1) is 20.8 Å². The number of pyridine rings is 1. The fraction of sp³-hybridized carbons (Fsp3) is 0.355. The minimum atomic E-state index is -0.0976. The molecule has 1 aliphatic rings. The molecule has 1 aliphatic carbocycles. The van der Waals surface area contributed by atoms with Gasteiger partial charge in [0.25, 0.3) is 0 Å². The van der Waals surface area contributed by atoms with Crippen molar-refractivity contribution in [3.8, 4) is 11.1 Å². The number of anilines is 1. The number of aryl methyl sites for hydroxylation is 3. The maximum Gasteiger partial charge on any atom is 0.322 e. The summed E-state index contributed by atoms with van der Waals surface area (Å²) in [5.74, 6) is 0.828. The van der Waals surface area contributed by atoms with Crippen LogP contribution in [0.25, 0.3) is 22.1 Å². The molecule has 4 aromatic rings. The average Bonchev–Trinajstić information content (AvgIpc) is 3.56. The lowest BCUT2D eigenvalue weighted by Gasteiger charge is -2.29. The highest BCUT2D eigenvalue weighted by molar-refractivity contribution is 7.99. The van der Waals surface area contributed by atoms with Crippen LogP contribution in [0.15, 0.2) is 62.9 Å². The van der Waals surface area contributed by atoms with Crippen LogP contribution in [-0.2, 0) is 6.54 Å². The molecule has 0 bridgehead atoms. The largest absolute Gasteiger partial charge is 0.459 e. The number of urea groups is 1. The van der Waals surface area contributed by atoms with Gasteiger partial charge in [-0.05, 0) is 69.9 Å². The highest BCUT2D eigenvalue weighted by Crippen LogP contribution is 2.39. The third-order valence-electron chi connectivity index (χ3n) is 7.32. The zero-order valence-electron chi connectivity index (χ0n) is 22.8. The van der Waals surface area contributed by atoms with E-state index in [0.29, 0.717) is 6.54 Å². The van der Waals surface area contributed by atoms with E-state index < -0.39 is 0 Å². The number of hydrogen-bond donors (Lipinski definition) is 1. The minimum Gasteiger partial charge on any atom is -0.459 e. The first kappa shape index (κ1) is 26.7. The van der Waals surface area contributed by atoms with Gasteiger partial charge in [0, 0.05) is 27.6 Å². The highest BCUT2D eigenvalue weighted by atomic mass is 32.2. The number of thioether (sulfide) groups is 2. The van der Waals surface area contributed by atoms with Gasteiger partial charge in [0.2, 0.25) is 0 Å². The second kappa shape index (κ2) is 11.5. The first-order valence-corrected chi connectivity index (χ1v) is 15.6. The molecule has 198 valence electrons. The smallest absolute Gasteiger partial charge is 0.322 e. The van der Waals surface area contributed by atoms with Gasteiger partial charge in [0.05, 0.1) is 12.2 Å². The van der Waals surface area contributed by atoms with E-state index in [1.165, 1.54) is 11.1 Å². The van der Waals surface area contributed by atoms with E-state index in [1.807, 2.05) is 36.5 Å². The van der Waals surface area contributed by atoms with Crippen LogP contribution in [0.5, 0.6) is 0 Å². The van der Waals surface area contributed by atoms with E-state index in [4.69, 9.17) is 4.42 Å². The molecule has 0 saturated heterocycles. The number of carbonyl (C=O) groups is 1. The number of furan rings is 1. The van der Waals surface area contributed by atoms with Crippen molar-refractivity contribution >= 4 is 46.2 Å². The van der Waals surface area contributed by atoms with Crippen LogP contribution >= 0.6 is 23.5 Å². The number of carbonyl (C=O) groups excluding carboxylic acids is 1. The predicted molar refractivity (Wildman–Crippen MR) is 160 cm³/mol. The van der Waals surface area contributed by atoms with E-state index in [1.54, 1.807) is 23.5 Å². The Morgan fingerprint density at radius 3 is 2.39 bits per heavy atom. The fourth-order valence-corrected chi connectivity index (χ4v) is 6.67. The monoisotopic (exact) mass is 545 g/mol. The molecule has 5 rings (SSSR count). The van der Waals surface area contributed by atoms with E-state index in [2.05, 4.69) is 60.5 Å². The molecule has 38 heavy (non-hydrogen) atoms. The van der Waals surface area contributed by atoms with Crippen LogP contribution in [0.1, 0.15) is 48.3 Å². The van der Waals surface area contributed by atoms with Crippen LogP contribution < -0.4 is 5.32 Å². The van der Waals surface area contributed by atoms with Gasteiger partial charge in [-0.15, -0.1) is 23.5 Å². The number of nitrogens with one attached hydrogen (secondary N) is 1. The zero-order chi connectivity index (χ0) is 26.8. The Balaban J connectivity index is 1.56. The van der Waals surface area contributed by atoms with Gasteiger partial charge in [-0.25, -0.2) is 9.78 Å². The molecule has 5 nitrogen and oxygen atoms in total. The van der Waals surface area contributed by atoms with Crippen molar-refractivity contribution in [2.45, 2.75) is 69.0 Å². The van der Waals surface area contributed by atoms with Crippen molar-refractivity contribution in [2.75, 3.05) is 17.8 Å². The first-order chi connectivity index (χ1) is 18.4. The Kier molecular flexibility index (Phi) is 8.05. The van der Waals surface area contributed by atoms with Gasteiger partial charge in [-0.3, -0.25) is 0 Å². The maximum atomic E-state index is 14.0. The normalized spacial score (nSPS) is 13.8. The summed E-state index contributed by atoms with van der Waals surface area (Å²) in [5.41, 5.74) is 7.18. The quantitative estimate of drug-likeness (QED) is 0.235. The number of fused-ring (bicyclic) bond motifs is 1. The summed E-state index contributed by atoms with van der Waals surface area (Å²) < 4.78 is 6.49. The zero-order valence-corrected chi connectivity index (χ0v) is 24.4. The SMILES string of the molecule is CSc1cc(C)nc(SC)c1NC(=O)N(Cc1oc2ccc(C)cc2c1-c1ccc(C)cc1)C1CCCC1. The average molecular weight is 546 g/mol. The molecule has 0 aliphatic heterocycles. The Bertz CT molecular complexity index is 1430. The van der Waals surface area contributed by atoms with Gasteiger partial charge in [0.15, 0.2) is 0 Å². The molecule has 0 radical (unpaired) electrons. The Hall–Kier alpha value is -2.90. The molecule has 2 aromatic carbocycles. The van der Waals surface area contributed by atoms with Crippen LogP contribution in [0.3, 0.4) is 0 Å². The molecular weight excluding hydrogens is 510 g/mol. The summed E-state index contributed by atoms with van der Waals surface area (Å²) in [6, 6.07) is 17.0.